The summed E-state index contributed by atoms with van der Waals surface area (Å²) in [5.41, 5.74) is 6.72. The van der Waals surface area contributed by atoms with Crippen molar-refractivity contribution in [3.05, 3.63) is 70.0 Å². The minimum Gasteiger partial charge on any atom is -0.508 e. The molecule has 3 aromatic rings. The predicted octanol–water partition coefficient (Wildman–Crippen LogP) is 2.90. The Morgan fingerprint density at radius 1 is 1.19 bits per heavy atom. The number of anilines is 2. The highest BCUT2D eigenvalue weighted by molar-refractivity contribution is 7.99. The van der Waals surface area contributed by atoms with Crippen LogP contribution in [0.1, 0.15) is 0 Å². The molecule has 7 nitrogen and oxygen atoms in total. The first-order valence-electron chi connectivity index (χ1n) is 7.79. The van der Waals surface area contributed by atoms with Gasteiger partial charge in [-0.3, -0.25) is 14.2 Å². The smallest absolute Gasteiger partial charge is 0.275 e. The number of nitrogens with two attached hydrogens (primary N) is 1. The summed E-state index contributed by atoms with van der Waals surface area (Å²) in [6, 6.07) is 14.2. The van der Waals surface area contributed by atoms with Gasteiger partial charge < -0.3 is 16.2 Å². The Labute approximate surface area is 163 Å². The molecule has 1 aromatic heterocycles. The average Bonchev–Trinajstić information content (AvgIpc) is 2.63. The Morgan fingerprint density at radius 2 is 1.85 bits per heavy atom. The first kappa shape index (κ1) is 18.8. The van der Waals surface area contributed by atoms with E-state index in [9.17, 15) is 14.7 Å². The molecule has 0 fully saturated rings. The number of benzene rings is 2. The summed E-state index contributed by atoms with van der Waals surface area (Å²) in [7, 11) is 0. The quantitative estimate of drug-likeness (QED) is 0.344. The van der Waals surface area contributed by atoms with E-state index in [1.165, 1.54) is 18.2 Å². The van der Waals surface area contributed by atoms with Crippen molar-refractivity contribution < 1.29 is 9.90 Å². The van der Waals surface area contributed by atoms with Crippen molar-refractivity contribution >= 4 is 40.8 Å². The van der Waals surface area contributed by atoms with Gasteiger partial charge in [-0.05, 0) is 48.5 Å². The van der Waals surface area contributed by atoms with Gasteiger partial charge >= 0.3 is 0 Å². The van der Waals surface area contributed by atoms with Gasteiger partial charge in [0, 0.05) is 22.5 Å². The summed E-state index contributed by atoms with van der Waals surface area (Å²) >= 11 is 7.00. The second-order valence-corrected chi connectivity index (χ2v) is 6.88. The van der Waals surface area contributed by atoms with E-state index in [2.05, 4.69) is 10.3 Å². The van der Waals surface area contributed by atoms with Crippen LogP contribution in [0.25, 0.3) is 5.69 Å². The number of phenolic OH excluding ortho intramolecular Hbond substituents is 1. The molecule has 0 aliphatic carbocycles. The van der Waals surface area contributed by atoms with E-state index < -0.39 is 5.56 Å². The van der Waals surface area contributed by atoms with E-state index in [4.69, 9.17) is 17.3 Å². The Kier molecular flexibility index (Phi) is 5.68. The number of amides is 1. The highest BCUT2D eigenvalue weighted by Crippen LogP contribution is 2.24. The largest absolute Gasteiger partial charge is 0.508 e. The molecule has 1 heterocycles. The van der Waals surface area contributed by atoms with Crippen molar-refractivity contribution in [3.63, 3.8) is 0 Å². The summed E-state index contributed by atoms with van der Waals surface area (Å²) in [5.74, 6) is 0.0479. The van der Waals surface area contributed by atoms with Crippen LogP contribution in [0, 0.1) is 0 Å². The number of phenols is 1. The number of aromatic hydroxyl groups is 1. The molecule has 0 saturated heterocycles. The van der Waals surface area contributed by atoms with Gasteiger partial charge in [-0.25, -0.2) is 0 Å². The van der Waals surface area contributed by atoms with Crippen LogP contribution in [0.3, 0.4) is 0 Å². The fourth-order valence-corrected chi connectivity index (χ4v) is 3.25. The van der Waals surface area contributed by atoms with Crippen LogP contribution in [0.15, 0.2) is 64.5 Å². The first-order valence-corrected chi connectivity index (χ1v) is 9.16. The fourth-order valence-electron chi connectivity index (χ4n) is 2.30. The van der Waals surface area contributed by atoms with E-state index in [1.807, 2.05) is 0 Å². The number of thioether (sulfide) groups is 1. The van der Waals surface area contributed by atoms with Crippen molar-refractivity contribution in [1.29, 1.82) is 0 Å². The molecule has 4 N–H and O–H groups in total. The Morgan fingerprint density at radius 3 is 2.52 bits per heavy atom. The topological polar surface area (TPSA) is 110 Å². The number of carbonyl (C=O) groups excluding carboxylic acids is 1. The van der Waals surface area contributed by atoms with Crippen LogP contribution in [0.5, 0.6) is 5.75 Å². The van der Waals surface area contributed by atoms with Crippen molar-refractivity contribution in [2.24, 2.45) is 0 Å². The maximum absolute atomic E-state index is 12.2. The van der Waals surface area contributed by atoms with E-state index in [0.29, 0.717) is 21.6 Å². The molecule has 0 radical (unpaired) electrons. The fraction of sp³-hybridized carbons (Fsp3) is 0.0556. The lowest BCUT2D eigenvalue weighted by Crippen LogP contribution is -2.19. The van der Waals surface area contributed by atoms with Gasteiger partial charge in [0.15, 0.2) is 5.16 Å². The van der Waals surface area contributed by atoms with E-state index in [-0.39, 0.29) is 23.2 Å². The van der Waals surface area contributed by atoms with Gasteiger partial charge in [-0.1, -0.05) is 23.4 Å². The molecule has 9 heteroatoms. The molecule has 138 valence electrons. The molecule has 0 saturated carbocycles. The summed E-state index contributed by atoms with van der Waals surface area (Å²) in [5, 5.41) is 12.8. The Balaban J connectivity index is 1.79. The molecule has 1 amide bonds. The third-order valence-electron chi connectivity index (χ3n) is 3.49. The predicted molar refractivity (Wildman–Crippen MR) is 107 cm³/mol. The molecule has 0 spiro atoms. The second-order valence-electron chi connectivity index (χ2n) is 5.50. The maximum atomic E-state index is 12.2. The van der Waals surface area contributed by atoms with Crippen LogP contribution in [0.2, 0.25) is 5.02 Å². The van der Waals surface area contributed by atoms with Crippen molar-refractivity contribution in [1.82, 2.24) is 9.55 Å². The lowest BCUT2D eigenvalue weighted by atomic mass is 10.3. The molecule has 0 bridgehead atoms. The highest BCUT2D eigenvalue weighted by Gasteiger charge is 2.13. The van der Waals surface area contributed by atoms with Gasteiger partial charge in [0.2, 0.25) is 5.91 Å². The number of nitrogens with zero attached hydrogens (tertiary/aromatic N) is 2. The van der Waals surface area contributed by atoms with Crippen LogP contribution in [-0.4, -0.2) is 26.3 Å². The number of rotatable bonds is 5. The molecular weight excluding hydrogens is 388 g/mol. The lowest BCUT2D eigenvalue weighted by molar-refractivity contribution is -0.113. The van der Waals surface area contributed by atoms with Crippen molar-refractivity contribution in [2.45, 2.75) is 5.16 Å². The van der Waals surface area contributed by atoms with Gasteiger partial charge in [-0.2, -0.15) is 4.98 Å². The number of nitrogens with one attached hydrogen (secondary N) is 1. The molecule has 27 heavy (non-hydrogen) atoms. The van der Waals surface area contributed by atoms with Crippen LogP contribution >= 0.6 is 23.4 Å². The molecule has 3 rings (SSSR count). The minimum absolute atomic E-state index is 0.0182. The van der Waals surface area contributed by atoms with Crippen molar-refractivity contribution in [2.75, 3.05) is 16.8 Å². The number of hydrogen-bond donors (Lipinski definition) is 3. The molecule has 0 unspecified atom stereocenters. The highest BCUT2D eigenvalue weighted by atomic mass is 35.5. The zero-order chi connectivity index (χ0) is 19.4. The number of nitrogen functional groups attached to an aromatic ring is 1. The number of halogens is 1. The summed E-state index contributed by atoms with van der Waals surface area (Å²) in [6.07, 6.45) is 0. The Hall–Kier alpha value is -2.97. The molecular formula is C18H15ClN4O3S. The van der Waals surface area contributed by atoms with E-state index >= 15 is 0 Å². The van der Waals surface area contributed by atoms with Crippen molar-refractivity contribution in [3.8, 4) is 11.4 Å². The number of hydrogen-bond acceptors (Lipinski definition) is 6. The number of carbonyl (C=O) groups is 1. The third-order valence-corrected chi connectivity index (χ3v) is 4.69. The summed E-state index contributed by atoms with van der Waals surface area (Å²) in [6.45, 7) is 0. The summed E-state index contributed by atoms with van der Waals surface area (Å²) in [4.78, 5) is 27.9. The Bertz CT molecular complexity index is 1020. The number of aromatic nitrogens is 2. The van der Waals surface area contributed by atoms with E-state index in [1.54, 1.807) is 41.0 Å². The third kappa shape index (κ3) is 4.81. The zero-order valence-electron chi connectivity index (χ0n) is 13.9. The minimum atomic E-state index is -0.487. The molecule has 0 aliphatic heterocycles. The second kappa shape index (κ2) is 8.15. The molecule has 0 aliphatic rings. The standard InChI is InChI=1S/C18H15ClN4O3S/c19-11-1-5-13(6-2-11)23-15(20)9-16(25)22-18(23)27-10-17(26)21-12-3-7-14(24)8-4-12/h1-9,24H,10,20H2,(H,21,26). The average molecular weight is 403 g/mol. The normalized spacial score (nSPS) is 10.6. The lowest BCUT2D eigenvalue weighted by Gasteiger charge is -2.14. The zero-order valence-corrected chi connectivity index (χ0v) is 15.5. The van der Waals surface area contributed by atoms with Crippen LogP contribution < -0.4 is 16.6 Å². The van der Waals surface area contributed by atoms with Gasteiger partial charge in [0.1, 0.15) is 11.6 Å². The monoisotopic (exact) mass is 402 g/mol. The molecule has 0 atom stereocenters. The SMILES string of the molecule is Nc1cc(=O)nc(SCC(=O)Nc2ccc(O)cc2)n1-c1ccc(Cl)cc1. The van der Waals surface area contributed by atoms with Gasteiger partial charge in [-0.15, -0.1) is 0 Å². The van der Waals surface area contributed by atoms with Gasteiger partial charge in [0.25, 0.3) is 5.56 Å². The molecule has 2 aromatic carbocycles. The van der Waals surface area contributed by atoms with Crippen LogP contribution in [-0.2, 0) is 4.79 Å². The summed E-state index contributed by atoms with van der Waals surface area (Å²) < 4.78 is 1.58. The maximum Gasteiger partial charge on any atom is 0.275 e. The van der Waals surface area contributed by atoms with Crippen LogP contribution in [0.4, 0.5) is 11.5 Å². The van der Waals surface area contributed by atoms with Gasteiger partial charge in [0.05, 0.1) is 5.75 Å². The first-order chi connectivity index (χ1) is 12.9. The van der Waals surface area contributed by atoms with E-state index in [0.717, 1.165) is 11.8 Å².